The van der Waals surface area contributed by atoms with E-state index in [4.69, 9.17) is 23.4 Å². The van der Waals surface area contributed by atoms with Gasteiger partial charge in [0.25, 0.3) is 0 Å². The molecule has 2 aromatic carbocycles. The molecule has 2 aliphatic rings. The van der Waals surface area contributed by atoms with Crippen LogP contribution >= 0.6 is 0 Å². The smallest absolute Gasteiger partial charge is 0.402 e. The molecule has 10 N–H and O–H groups in total. The van der Waals surface area contributed by atoms with Gasteiger partial charge in [-0.15, -0.1) is 0 Å². The van der Waals surface area contributed by atoms with Crippen molar-refractivity contribution < 1.29 is 74.4 Å². The number of benzene rings is 2. The Morgan fingerprint density at radius 1 is 0.805 bits per heavy atom. The zero-order valence-electron chi connectivity index (χ0n) is 21.1. The second-order valence-corrected chi connectivity index (χ2v) is 9.70. The van der Waals surface area contributed by atoms with Crippen LogP contribution in [0, 0.1) is 0 Å². The molecule has 0 saturated carbocycles. The number of aromatic hydroxyl groups is 4. The summed E-state index contributed by atoms with van der Waals surface area (Å²) in [7, 11) is 0. The summed E-state index contributed by atoms with van der Waals surface area (Å²) in [5.74, 6) is -1.98. The number of hydrogen-bond acceptors (Lipinski definition) is 14. The summed E-state index contributed by atoms with van der Waals surface area (Å²) < 4.78 is 28.5. The van der Waals surface area contributed by atoms with Crippen molar-refractivity contribution in [2.75, 3.05) is 13.2 Å². The van der Waals surface area contributed by atoms with Crippen molar-refractivity contribution in [1.82, 2.24) is 0 Å². The Hall–Kier alpha value is -3.51. The zero-order valence-corrected chi connectivity index (χ0v) is 21.1. The third kappa shape index (κ3) is 5.54. The number of phenolic OH excluding ortho intramolecular Hbond substituents is 4. The van der Waals surface area contributed by atoms with Crippen molar-refractivity contribution in [3.8, 4) is 40.1 Å². The molecule has 15 heteroatoms. The van der Waals surface area contributed by atoms with Crippen LogP contribution in [0.4, 0.5) is 0 Å². The minimum atomic E-state index is -1.80. The van der Waals surface area contributed by atoms with Gasteiger partial charge in [-0.1, -0.05) is 0 Å². The summed E-state index contributed by atoms with van der Waals surface area (Å²) in [6.45, 7) is -1.18. The fraction of sp³-hybridized carbons (Fsp3) is 0.423. The van der Waals surface area contributed by atoms with Crippen LogP contribution in [0.2, 0.25) is 0 Å². The first kappa shape index (κ1) is 29.0. The van der Waals surface area contributed by atoms with Crippen LogP contribution in [0.5, 0.6) is 28.7 Å². The summed E-state index contributed by atoms with van der Waals surface area (Å²) in [6, 6.07) is 7.19. The minimum Gasteiger partial charge on any atom is -0.507 e. The summed E-state index contributed by atoms with van der Waals surface area (Å²) >= 11 is 0. The van der Waals surface area contributed by atoms with Crippen molar-refractivity contribution in [3.63, 3.8) is 0 Å². The van der Waals surface area contributed by atoms with Crippen LogP contribution < -0.4 is 4.74 Å². The third-order valence-electron chi connectivity index (χ3n) is 6.87. The van der Waals surface area contributed by atoms with Gasteiger partial charge in [-0.2, -0.15) is 0 Å². The monoisotopic (exact) mass is 581 g/mol. The standard InChI is InChI=1S/C26H28O15/c27-7-18-20(34)21(35)24(41-25-22(36)19(33)15(32)8-37-25)26(40-18)39-17-6-11-13(30)4-10(28)5-16(11)38-23(17)9-1-2-12(29)14(31)3-9/h1-6,15,18-22,24-27,32-36H,7-8H2,(H3-,28,29,30,31)/p+1/t15-,18-,19-,20-,21-,22-,24+,25-,26+/m0/s1. The molecule has 2 saturated heterocycles. The number of aliphatic hydroxyl groups excluding tert-OH is 6. The Labute approximate surface area is 230 Å². The maximum absolute atomic E-state index is 10.9. The van der Waals surface area contributed by atoms with E-state index in [9.17, 15) is 51.1 Å². The molecule has 5 rings (SSSR count). The second kappa shape index (κ2) is 11.4. The van der Waals surface area contributed by atoms with Gasteiger partial charge in [-0.25, -0.2) is 4.42 Å². The highest BCUT2D eigenvalue weighted by molar-refractivity contribution is 5.88. The highest BCUT2D eigenvalue weighted by atomic mass is 16.8. The molecule has 3 aromatic rings. The van der Waals surface area contributed by atoms with Crippen molar-refractivity contribution >= 4 is 11.0 Å². The number of fused-ring (bicyclic) bond motifs is 1. The lowest BCUT2D eigenvalue weighted by Gasteiger charge is -2.44. The molecule has 0 amide bonds. The van der Waals surface area contributed by atoms with Gasteiger partial charge >= 0.3 is 11.3 Å². The Balaban J connectivity index is 1.57. The molecule has 0 radical (unpaired) electrons. The number of ether oxygens (including phenoxy) is 4. The molecule has 0 spiro atoms. The van der Waals surface area contributed by atoms with Crippen LogP contribution in [0.1, 0.15) is 0 Å². The van der Waals surface area contributed by atoms with Gasteiger partial charge in [0, 0.05) is 18.2 Å². The molecule has 1 aromatic heterocycles. The fourth-order valence-electron chi connectivity index (χ4n) is 4.61. The van der Waals surface area contributed by atoms with E-state index in [2.05, 4.69) is 0 Å². The lowest BCUT2D eigenvalue weighted by Crippen LogP contribution is -2.63. The molecule has 41 heavy (non-hydrogen) atoms. The first-order chi connectivity index (χ1) is 19.5. The molecule has 15 nitrogen and oxygen atoms in total. The van der Waals surface area contributed by atoms with E-state index >= 15 is 0 Å². The van der Waals surface area contributed by atoms with Crippen LogP contribution in [-0.2, 0) is 14.2 Å². The lowest BCUT2D eigenvalue weighted by molar-refractivity contribution is -0.344. The number of aliphatic hydroxyl groups is 6. The van der Waals surface area contributed by atoms with Crippen LogP contribution in [0.3, 0.4) is 0 Å². The van der Waals surface area contributed by atoms with Gasteiger partial charge in [-0.3, -0.25) is 0 Å². The summed E-state index contributed by atoms with van der Waals surface area (Å²) in [6.07, 6.45) is -14.6. The Morgan fingerprint density at radius 3 is 2.27 bits per heavy atom. The summed E-state index contributed by atoms with van der Waals surface area (Å²) in [5, 5.41) is 101. The van der Waals surface area contributed by atoms with E-state index < -0.39 is 85.8 Å². The zero-order chi connectivity index (χ0) is 29.6. The topological polar surface area (TPSA) is 251 Å². The first-order valence-corrected chi connectivity index (χ1v) is 12.4. The molecular formula is C26H29O15+. The minimum absolute atomic E-state index is 0.00950. The number of hydrogen-bond donors (Lipinski definition) is 10. The Bertz CT molecular complexity index is 1400. The molecule has 222 valence electrons. The molecule has 9 atom stereocenters. The average molecular weight is 582 g/mol. The van der Waals surface area contributed by atoms with E-state index in [0.29, 0.717) is 0 Å². The predicted octanol–water partition coefficient (Wildman–Crippen LogP) is -1.15. The fourth-order valence-corrected chi connectivity index (χ4v) is 4.61. The van der Waals surface area contributed by atoms with Crippen molar-refractivity contribution in [1.29, 1.82) is 0 Å². The van der Waals surface area contributed by atoms with Crippen LogP contribution in [-0.4, -0.2) is 120 Å². The normalized spacial score (nSPS) is 32.2. The summed E-state index contributed by atoms with van der Waals surface area (Å²) in [4.78, 5) is 0. The first-order valence-electron chi connectivity index (χ1n) is 12.4. The molecule has 3 heterocycles. The summed E-state index contributed by atoms with van der Waals surface area (Å²) in [5.41, 5.74) is 0.139. The number of rotatable bonds is 6. The SMILES string of the molecule is OC[C@@H]1O[C@@H](Oc2cc3c(O)cc(O)cc3[o+]c2-c2ccc(O)c(O)c2)[C@H](O[C@@H]2OC[C@H](O)[C@H](O)[C@@H]2O)[C@@H](O)[C@H]1O. The van der Waals surface area contributed by atoms with E-state index in [0.717, 1.165) is 12.1 Å². The van der Waals surface area contributed by atoms with Crippen molar-refractivity contribution in [3.05, 3.63) is 36.4 Å². The molecule has 0 aliphatic carbocycles. The number of phenols is 4. The maximum Gasteiger partial charge on any atom is 0.402 e. The van der Waals surface area contributed by atoms with Crippen LogP contribution in [0.15, 0.2) is 40.8 Å². The van der Waals surface area contributed by atoms with Gasteiger partial charge in [0.1, 0.15) is 53.5 Å². The third-order valence-corrected chi connectivity index (χ3v) is 6.87. The van der Waals surface area contributed by atoms with Gasteiger partial charge in [0.2, 0.25) is 12.0 Å². The Kier molecular flexibility index (Phi) is 8.06. The average Bonchev–Trinajstić information content (AvgIpc) is 2.94. The molecule has 0 bridgehead atoms. The molecule has 0 unspecified atom stereocenters. The molecule has 2 aliphatic heterocycles. The second-order valence-electron chi connectivity index (χ2n) is 9.70. The molecule has 2 fully saturated rings. The lowest BCUT2D eigenvalue weighted by atomic mass is 9.98. The molecular weight excluding hydrogens is 552 g/mol. The van der Waals surface area contributed by atoms with Gasteiger partial charge in [-0.05, 0) is 12.1 Å². The van der Waals surface area contributed by atoms with E-state index in [1.165, 1.54) is 24.3 Å². The van der Waals surface area contributed by atoms with Gasteiger partial charge in [0.15, 0.2) is 23.9 Å². The Morgan fingerprint density at radius 2 is 1.56 bits per heavy atom. The van der Waals surface area contributed by atoms with Gasteiger partial charge < -0.3 is 70.0 Å². The van der Waals surface area contributed by atoms with Crippen molar-refractivity contribution in [2.45, 2.75) is 55.3 Å². The van der Waals surface area contributed by atoms with Crippen LogP contribution in [0.25, 0.3) is 22.3 Å². The largest absolute Gasteiger partial charge is 0.507 e. The predicted molar refractivity (Wildman–Crippen MR) is 134 cm³/mol. The quantitative estimate of drug-likeness (QED) is 0.122. The highest BCUT2D eigenvalue weighted by Crippen LogP contribution is 2.42. The van der Waals surface area contributed by atoms with E-state index in [1.807, 2.05) is 0 Å². The maximum atomic E-state index is 10.9. The van der Waals surface area contributed by atoms with Crippen molar-refractivity contribution in [2.24, 2.45) is 0 Å². The highest BCUT2D eigenvalue weighted by Gasteiger charge is 2.50. The van der Waals surface area contributed by atoms with Gasteiger partial charge in [0.05, 0.1) is 24.8 Å². The van der Waals surface area contributed by atoms with E-state index in [1.54, 1.807) is 0 Å². The van der Waals surface area contributed by atoms with E-state index in [-0.39, 0.29) is 33.8 Å².